The quantitative estimate of drug-likeness (QED) is 0.874. The molecular formula is C16H24ClNO2. The second-order valence-electron chi connectivity index (χ2n) is 5.34. The van der Waals surface area contributed by atoms with Crippen molar-refractivity contribution >= 4 is 11.6 Å². The van der Waals surface area contributed by atoms with Crippen molar-refractivity contribution in [2.75, 3.05) is 26.9 Å². The molecule has 1 aromatic rings. The maximum Gasteiger partial charge on any atom is 0.122 e. The molecule has 112 valence electrons. The monoisotopic (exact) mass is 297 g/mol. The van der Waals surface area contributed by atoms with Crippen LogP contribution in [0.15, 0.2) is 18.2 Å². The molecule has 1 heterocycles. The van der Waals surface area contributed by atoms with Crippen LogP contribution in [0.3, 0.4) is 0 Å². The standard InChI is InChI=1S/C16H24ClNO2/c1-3-7-18-15-6-8-20-11-13(15)9-12-10-14(17)4-5-16(12)19-2/h4-5,10,13,15,18H,3,6-9,11H2,1-2H3. The van der Waals surface area contributed by atoms with Crippen LogP contribution in [0.5, 0.6) is 5.75 Å². The van der Waals surface area contributed by atoms with Gasteiger partial charge in [-0.1, -0.05) is 18.5 Å². The number of hydrogen-bond donors (Lipinski definition) is 1. The van der Waals surface area contributed by atoms with Gasteiger partial charge in [-0.2, -0.15) is 0 Å². The average molecular weight is 298 g/mol. The number of benzene rings is 1. The highest BCUT2D eigenvalue weighted by Crippen LogP contribution is 2.28. The van der Waals surface area contributed by atoms with Gasteiger partial charge in [-0.25, -0.2) is 0 Å². The van der Waals surface area contributed by atoms with Gasteiger partial charge >= 0.3 is 0 Å². The minimum absolute atomic E-state index is 0.475. The highest BCUT2D eigenvalue weighted by Gasteiger charge is 2.26. The number of halogens is 1. The van der Waals surface area contributed by atoms with Crippen LogP contribution >= 0.6 is 11.6 Å². The van der Waals surface area contributed by atoms with E-state index in [1.54, 1.807) is 7.11 Å². The van der Waals surface area contributed by atoms with Crippen LogP contribution in [0, 0.1) is 5.92 Å². The van der Waals surface area contributed by atoms with Crippen molar-refractivity contribution in [1.82, 2.24) is 5.32 Å². The van der Waals surface area contributed by atoms with Crippen molar-refractivity contribution in [1.29, 1.82) is 0 Å². The lowest BCUT2D eigenvalue weighted by molar-refractivity contribution is 0.0321. The van der Waals surface area contributed by atoms with E-state index in [1.807, 2.05) is 18.2 Å². The number of hydrogen-bond acceptors (Lipinski definition) is 3. The fraction of sp³-hybridized carbons (Fsp3) is 0.625. The summed E-state index contributed by atoms with van der Waals surface area (Å²) in [6.45, 7) is 4.91. The third-order valence-electron chi connectivity index (χ3n) is 3.86. The van der Waals surface area contributed by atoms with Crippen LogP contribution in [-0.2, 0) is 11.2 Å². The lowest BCUT2D eigenvalue weighted by atomic mass is 9.89. The molecule has 1 N–H and O–H groups in total. The maximum atomic E-state index is 6.11. The Morgan fingerprint density at radius 1 is 1.45 bits per heavy atom. The van der Waals surface area contributed by atoms with Crippen molar-refractivity contribution in [2.24, 2.45) is 5.92 Å². The minimum Gasteiger partial charge on any atom is -0.496 e. The van der Waals surface area contributed by atoms with Crippen molar-refractivity contribution < 1.29 is 9.47 Å². The van der Waals surface area contributed by atoms with Crippen molar-refractivity contribution in [3.63, 3.8) is 0 Å². The normalized spacial score (nSPS) is 22.8. The van der Waals surface area contributed by atoms with E-state index < -0.39 is 0 Å². The van der Waals surface area contributed by atoms with Crippen molar-refractivity contribution in [2.45, 2.75) is 32.2 Å². The highest BCUT2D eigenvalue weighted by molar-refractivity contribution is 6.30. The van der Waals surface area contributed by atoms with Gasteiger partial charge < -0.3 is 14.8 Å². The van der Waals surface area contributed by atoms with Gasteiger partial charge in [0.15, 0.2) is 0 Å². The van der Waals surface area contributed by atoms with E-state index in [0.717, 1.165) is 49.8 Å². The highest BCUT2D eigenvalue weighted by atomic mass is 35.5. The van der Waals surface area contributed by atoms with Gasteiger partial charge in [0.25, 0.3) is 0 Å². The second-order valence-corrected chi connectivity index (χ2v) is 5.78. The zero-order valence-corrected chi connectivity index (χ0v) is 13.1. The Morgan fingerprint density at radius 2 is 2.30 bits per heavy atom. The summed E-state index contributed by atoms with van der Waals surface area (Å²) in [5, 5.41) is 4.40. The fourth-order valence-corrected chi connectivity index (χ4v) is 2.98. The fourth-order valence-electron chi connectivity index (χ4n) is 2.79. The lowest BCUT2D eigenvalue weighted by Crippen LogP contribution is -2.44. The summed E-state index contributed by atoms with van der Waals surface area (Å²) in [7, 11) is 1.71. The molecule has 0 bridgehead atoms. The lowest BCUT2D eigenvalue weighted by Gasteiger charge is -2.32. The molecule has 0 aliphatic carbocycles. The number of ether oxygens (including phenoxy) is 2. The number of rotatable bonds is 6. The van der Waals surface area contributed by atoms with Gasteiger partial charge in [-0.05, 0) is 49.6 Å². The summed E-state index contributed by atoms with van der Waals surface area (Å²) >= 11 is 6.11. The molecule has 1 fully saturated rings. The van der Waals surface area contributed by atoms with E-state index in [-0.39, 0.29) is 0 Å². The van der Waals surface area contributed by atoms with Crippen molar-refractivity contribution in [3.8, 4) is 5.75 Å². The average Bonchev–Trinajstić information content (AvgIpc) is 2.47. The van der Waals surface area contributed by atoms with E-state index in [0.29, 0.717) is 12.0 Å². The first-order valence-corrected chi connectivity index (χ1v) is 7.76. The van der Waals surface area contributed by atoms with Crippen LogP contribution in [0.2, 0.25) is 5.02 Å². The molecule has 4 heteroatoms. The summed E-state index contributed by atoms with van der Waals surface area (Å²) < 4.78 is 11.1. The molecule has 2 atom stereocenters. The Balaban J connectivity index is 2.07. The Hall–Kier alpha value is -0.770. The molecule has 3 nitrogen and oxygen atoms in total. The van der Waals surface area contributed by atoms with Crippen LogP contribution in [0.25, 0.3) is 0 Å². The summed E-state index contributed by atoms with van der Waals surface area (Å²) in [5.41, 5.74) is 1.17. The van der Waals surface area contributed by atoms with Gasteiger partial charge in [0.1, 0.15) is 5.75 Å². The molecule has 0 radical (unpaired) electrons. The molecule has 2 rings (SSSR count). The largest absolute Gasteiger partial charge is 0.496 e. The summed E-state index contributed by atoms with van der Waals surface area (Å²) in [5.74, 6) is 1.39. The zero-order valence-electron chi connectivity index (χ0n) is 12.3. The topological polar surface area (TPSA) is 30.5 Å². The predicted molar refractivity (Wildman–Crippen MR) is 82.7 cm³/mol. The van der Waals surface area contributed by atoms with Gasteiger partial charge in [0.2, 0.25) is 0 Å². The molecule has 2 unspecified atom stereocenters. The zero-order chi connectivity index (χ0) is 14.4. The predicted octanol–water partition coefficient (Wildman–Crippen LogP) is 3.30. The molecule has 0 spiro atoms. The Kier molecular flexibility index (Phi) is 6.14. The molecule has 0 saturated carbocycles. The molecule has 20 heavy (non-hydrogen) atoms. The molecule has 0 aromatic heterocycles. The van der Waals surface area contributed by atoms with E-state index >= 15 is 0 Å². The van der Waals surface area contributed by atoms with Crippen molar-refractivity contribution in [3.05, 3.63) is 28.8 Å². The van der Waals surface area contributed by atoms with Crippen LogP contribution in [0.4, 0.5) is 0 Å². The third-order valence-corrected chi connectivity index (χ3v) is 4.09. The van der Waals surface area contributed by atoms with Gasteiger partial charge in [0, 0.05) is 23.6 Å². The van der Waals surface area contributed by atoms with Crippen LogP contribution in [-0.4, -0.2) is 32.9 Å². The van der Waals surface area contributed by atoms with Crippen LogP contribution < -0.4 is 10.1 Å². The molecule has 1 aliphatic heterocycles. The van der Waals surface area contributed by atoms with Gasteiger partial charge in [-0.15, -0.1) is 0 Å². The minimum atomic E-state index is 0.475. The van der Waals surface area contributed by atoms with Gasteiger partial charge in [0.05, 0.1) is 13.7 Å². The smallest absolute Gasteiger partial charge is 0.122 e. The first-order valence-electron chi connectivity index (χ1n) is 7.38. The molecule has 1 aliphatic rings. The van der Waals surface area contributed by atoms with Crippen LogP contribution in [0.1, 0.15) is 25.3 Å². The first-order chi connectivity index (χ1) is 9.74. The molecule has 1 aromatic carbocycles. The van der Waals surface area contributed by atoms with E-state index in [4.69, 9.17) is 21.1 Å². The Bertz CT molecular complexity index is 425. The Morgan fingerprint density at radius 3 is 3.05 bits per heavy atom. The third kappa shape index (κ3) is 4.11. The number of methoxy groups -OCH3 is 1. The molecule has 0 amide bonds. The maximum absolute atomic E-state index is 6.11. The molecule has 1 saturated heterocycles. The first kappa shape index (κ1) is 15.6. The second kappa shape index (κ2) is 7.87. The molecular weight excluding hydrogens is 274 g/mol. The van der Waals surface area contributed by atoms with E-state index in [1.165, 1.54) is 5.56 Å². The van der Waals surface area contributed by atoms with E-state index in [2.05, 4.69) is 12.2 Å². The SMILES string of the molecule is CCCNC1CCOCC1Cc1cc(Cl)ccc1OC. The summed E-state index contributed by atoms with van der Waals surface area (Å²) in [4.78, 5) is 0. The summed E-state index contributed by atoms with van der Waals surface area (Å²) in [6, 6.07) is 6.34. The number of nitrogens with one attached hydrogen (secondary N) is 1. The van der Waals surface area contributed by atoms with E-state index in [9.17, 15) is 0 Å². The Labute approximate surface area is 126 Å². The van der Waals surface area contributed by atoms with Gasteiger partial charge in [-0.3, -0.25) is 0 Å². The summed E-state index contributed by atoms with van der Waals surface area (Å²) in [6.07, 6.45) is 3.17.